The average molecular weight is 412 g/mol. The molecule has 0 fully saturated rings. The summed E-state index contributed by atoms with van der Waals surface area (Å²) in [5, 5.41) is 6.61. The molecule has 0 bridgehead atoms. The molecular weight excluding hydrogens is 398 g/mol. The van der Waals surface area contributed by atoms with Crippen molar-refractivity contribution in [2.45, 2.75) is 0 Å². The van der Waals surface area contributed by atoms with Gasteiger partial charge in [-0.25, -0.2) is 5.43 Å². The highest BCUT2D eigenvalue weighted by Gasteiger charge is 2.07. The van der Waals surface area contributed by atoms with Crippen LogP contribution in [0.4, 0.5) is 5.69 Å². The summed E-state index contributed by atoms with van der Waals surface area (Å²) in [6.07, 6.45) is 1.40. The molecule has 7 heteroatoms. The van der Waals surface area contributed by atoms with E-state index in [0.29, 0.717) is 27.2 Å². The van der Waals surface area contributed by atoms with Crippen molar-refractivity contribution >= 4 is 39.6 Å². The third-order valence-electron chi connectivity index (χ3n) is 3.39. The van der Waals surface area contributed by atoms with Gasteiger partial charge in [-0.2, -0.15) is 5.10 Å². The molecule has 2 N–H and O–H groups in total. The van der Waals surface area contributed by atoms with Gasteiger partial charge in [0.15, 0.2) is 4.67 Å². The molecule has 1 heterocycles. The van der Waals surface area contributed by atoms with Crippen LogP contribution in [-0.4, -0.2) is 18.0 Å². The van der Waals surface area contributed by atoms with Gasteiger partial charge in [-0.05, 0) is 64.5 Å². The third kappa shape index (κ3) is 4.67. The Hall–Kier alpha value is -3.19. The summed E-state index contributed by atoms with van der Waals surface area (Å²) in [7, 11) is 0. The van der Waals surface area contributed by atoms with Gasteiger partial charge in [-0.1, -0.05) is 18.2 Å². The topological polar surface area (TPSA) is 83.7 Å². The molecular formula is C19H14BrN3O3. The number of anilines is 1. The Morgan fingerprint density at radius 1 is 0.885 bits per heavy atom. The van der Waals surface area contributed by atoms with Crippen molar-refractivity contribution in [2.24, 2.45) is 5.10 Å². The van der Waals surface area contributed by atoms with E-state index >= 15 is 0 Å². The van der Waals surface area contributed by atoms with Gasteiger partial charge >= 0.3 is 0 Å². The molecule has 6 nitrogen and oxygen atoms in total. The fourth-order valence-electron chi connectivity index (χ4n) is 2.11. The number of nitrogens with one attached hydrogen (secondary N) is 2. The Balaban J connectivity index is 1.57. The van der Waals surface area contributed by atoms with Crippen LogP contribution in [0.2, 0.25) is 0 Å². The number of benzene rings is 2. The summed E-state index contributed by atoms with van der Waals surface area (Å²) in [6, 6.07) is 18.9. The lowest BCUT2D eigenvalue weighted by Crippen LogP contribution is -2.17. The van der Waals surface area contributed by atoms with Gasteiger partial charge in [0.2, 0.25) is 0 Å². The molecule has 3 aromatic rings. The van der Waals surface area contributed by atoms with Gasteiger partial charge in [0.1, 0.15) is 5.76 Å². The van der Waals surface area contributed by atoms with E-state index in [1.54, 1.807) is 60.7 Å². The van der Waals surface area contributed by atoms with Gasteiger partial charge in [0, 0.05) is 16.8 Å². The first kappa shape index (κ1) is 17.6. The number of rotatable bonds is 5. The van der Waals surface area contributed by atoms with Gasteiger partial charge in [-0.15, -0.1) is 0 Å². The quantitative estimate of drug-likeness (QED) is 0.490. The number of nitrogens with zero attached hydrogens (tertiary/aromatic N) is 1. The zero-order chi connectivity index (χ0) is 18.4. The molecule has 0 atom stereocenters. The number of carbonyl (C=O) groups is 2. The van der Waals surface area contributed by atoms with E-state index < -0.39 is 0 Å². The molecule has 2 aromatic carbocycles. The molecule has 0 aliphatic carbocycles. The standard InChI is InChI=1S/C19H14BrN3O3/c20-17-11-10-16(26-17)12-21-23-19(25)14-6-8-15(9-7-14)22-18(24)13-4-2-1-3-5-13/h1-12H,(H,22,24)(H,23,25)/b21-12+. The fraction of sp³-hybridized carbons (Fsp3) is 0. The maximum Gasteiger partial charge on any atom is 0.271 e. The van der Waals surface area contributed by atoms with Gasteiger partial charge in [0.25, 0.3) is 11.8 Å². The molecule has 0 aliphatic heterocycles. The highest BCUT2D eigenvalue weighted by Crippen LogP contribution is 2.13. The second kappa shape index (κ2) is 8.26. The molecule has 2 amide bonds. The van der Waals surface area contributed by atoms with Crippen LogP contribution in [0.3, 0.4) is 0 Å². The van der Waals surface area contributed by atoms with Crippen LogP contribution >= 0.6 is 15.9 Å². The van der Waals surface area contributed by atoms with Crippen LogP contribution in [0.25, 0.3) is 0 Å². The van der Waals surface area contributed by atoms with Crippen LogP contribution in [0.1, 0.15) is 26.5 Å². The van der Waals surface area contributed by atoms with Crippen LogP contribution < -0.4 is 10.7 Å². The van der Waals surface area contributed by atoms with Crippen molar-refractivity contribution in [3.05, 3.63) is 88.3 Å². The summed E-state index contributed by atoms with van der Waals surface area (Å²) in [5.74, 6) is -0.0686. The van der Waals surface area contributed by atoms with Crippen molar-refractivity contribution in [3.8, 4) is 0 Å². The van der Waals surface area contributed by atoms with Crippen LogP contribution in [-0.2, 0) is 0 Å². The van der Waals surface area contributed by atoms with Crippen molar-refractivity contribution in [1.29, 1.82) is 0 Å². The lowest BCUT2D eigenvalue weighted by Gasteiger charge is -2.06. The molecule has 1 aromatic heterocycles. The maximum absolute atomic E-state index is 12.1. The molecule has 0 spiro atoms. The largest absolute Gasteiger partial charge is 0.448 e. The maximum atomic E-state index is 12.1. The highest BCUT2D eigenvalue weighted by atomic mass is 79.9. The molecule has 0 saturated heterocycles. The first-order valence-corrected chi connectivity index (χ1v) is 8.46. The molecule has 3 rings (SSSR count). The average Bonchev–Trinajstić information content (AvgIpc) is 3.08. The molecule has 0 unspecified atom stereocenters. The van der Waals surface area contributed by atoms with Crippen molar-refractivity contribution in [3.63, 3.8) is 0 Å². The fourth-order valence-corrected chi connectivity index (χ4v) is 2.43. The Bertz CT molecular complexity index is 934. The number of hydrazone groups is 1. The first-order valence-electron chi connectivity index (χ1n) is 7.67. The Labute approximate surface area is 158 Å². The zero-order valence-electron chi connectivity index (χ0n) is 13.5. The molecule has 0 saturated carbocycles. The van der Waals surface area contributed by atoms with E-state index in [2.05, 4.69) is 31.8 Å². The predicted octanol–water partition coefficient (Wildman–Crippen LogP) is 4.06. The van der Waals surface area contributed by atoms with E-state index in [1.807, 2.05) is 6.07 Å². The lowest BCUT2D eigenvalue weighted by atomic mass is 10.2. The molecule has 0 aliphatic rings. The van der Waals surface area contributed by atoms with E-state index in [0.717, 1.165) is 0 Å². The van der Waals surface area contributed by atoms with E-state index in [-0.39, 0.29) is 11.8 Å². The van der Waals surface area contributed by atoms with Gasteiger partial charge < -0.3 is 9.73 Å². The monoisotopic (exact) mass is 411 g/mol. The number of amides is 2. The van der Waals surface area contributed by atoms with Crippen molar-refractivity contribution in [1.82, 2.24) is 5.43 Å². The second-order valence-electron chi connectivity index (χ2n) is 5.24. The summed E-state index contributed by atoms with van der Waals surface area (Å²) in [4.78, 5) is 24.1. The zero-order valence-corrected chi connectivity index (χ0v) is 15.1. The van der Waals surface area contributed by atoms with Crippen LogP contribution in [0, 0.1) is 0 Å². The van der Waals surface area contributed by atoms with Crippen LogP contribution in [0.5, 0.6) is 0 Å². The van der Waals surface area contributed by atoms with Crippen molar-refractivity contribution < 1.29 is 14.0 Å². The van der Waals surface area contributed by atoms with Gasteiger partial charge in [-0.3, -0.25) is 9.59 Å². The number of furan rings is 1. The minimum Gasteiger partial charge on any atom is -0.448 e. The summed E-state index contributed by atoms with van der Waals surface area (Å²) >= 11 is 3.18. The molecule has 26 heavy (non-hydrogen) atoms. The number of hydrogen-bond acceptors (Lipinski definition) is 4. The third-order valence-corrected chi connectivity index (χ3v) is 3.82. The van der Waals surface area contributed by atoms with E-state index in [1.165, 1.54) is 6.21 Å². The number of carbonyl (C=O) groups excluding carboxylic acids is 2. The Kier molecular flexibility index (Phi) is 5.60. The second-order valence-corrected chi connectivity index (χ2v) is 6.02. The number of hydrogen-bond donors (Lipinski definition) is 2. The van der Waals surface area contributed by atoms with E-state index in [9.17, 15) is 9.59 Å². The molecule has 130 valence electrons. The lowest BCUT2D eigenvalue weighted by molar-refractivity contribution is 0.0954. The number of halogens is 1. The summed E-state index contributed by atoms with van der Waals surface area (Å²) in [5.41, 5.74) is 3.99. The summed E-state index contributed by atoms with van der Waals surface area (Å²) < 4.78 is 5.82. The Morgan fingerprint density at radius 3 is 2.23 bits per heavy atom. The predicted molar refractivity (Wildman–Crippen MR) is 102 cm³/mol. The van der Waals surface area contributed by atoms with E-state index in [4.69, 9.17) is 4.42 Å². The first-order chi connectivity index (χ1) is 12.6. The normalized spacial score (nSPS) is 10.7. The van der Waals surface area contributed by atoms with Gasteiger partial charge in [0.05, 0.1) is 6.21 Å². The smallest absolute Gasteiger partial charge is 0.271 e. The minimum atomic E-state index is -0.368. The van der Waals surface area contributed by atoms with Crippen molar-refractivity contribution in [2.75, 3.05) is 5.32 Å². The highest BCUT2D eigenvalue weighted by molar-refractivity contribution is 9.10. The van der Waals surface area contributed by atoms with Crippen LogP contribution in [0.15, 0.2) is 80.9 Å². The summed E-state index contributed by atoms with van der Waals surface area (Å²) in [6.45, 7) is 0. The SMILES string of the molecule is O=C(N/N=C/c1ccc(Br)o1)c1ccc(NC(=O)c2ccccc2)cc1. The molecule has 0 radical (unpaired) electrons. The minimum absolute atomic E-state index is 0.211. The Morgan fingerprint density at radius 2 is 1.58 bits per heavy atom.